The van der Waals surface area contributed by atoms with E-state index in [9.17, 15) is 13.9 Å². The SMILES string of the molecule is OC(Cc1cccs1)Cc1cccc(F)c1F. The highest BCUT2D eigenvalue weighted by Crippen LogP contribution is 2.17. The number of halogens is 2. The van der Waals surface area contributed by atoms with E-state index in [1.165, 1.54) is 12.1 Å². The van der Waals surface area contributed by atoms with Gasteiger partial charge in [-0.25, -0.2) is 8.78 Å². The summed E-state index contributed by atoms with van der Waals surface area (Å²) < 4.78 is 26.3. The Morgan fingerprint density at radius 2 is 1.94 bits per heavy atom. The van der Waals surface area contributed by atoms with Gasteiger partial charge < -0.3 is 5.11 Å². The van der Waals surface area contributed by atoms with Gasteiger partial charge in [0, 0.05) is 17.7 Å². The predicted molar refractivity (Wildman–Crippen MR) is 64.1 cm³/mol. The maximum Gasteiger partial charge on any atom is 0.162 e. The molecule has 0 aliphatic rings. The molecule has 0 saturated carbocycles. The quantitative estimate of drug-likeness (QED) is 0.888. The molecule has 2 aromatic rings. The average Bonchev–Trinajstić information content (AvgIpc) is 2.77. The molecule has 1 aromatic heterocycles. The second kappa shape index (κ2) is 5.38. The summed E-state index contributed by atoms with van der Waals surface area (Å²) in [6, 6.07) is 7.83. The number of hydrogen-bond donors (Lipinski definition) is 1. The molecule has 0 fully saturated rings. The normalized spacial score (nSPS) is 12.6. The van der Waals surface area contributed by atoms with Gasteiger partial charge in [-0.05, 0) is 23.1 Å². The largest absolute Gasteiger partial charge is 0.392 e. The summed E-state index contributed by atoms with van der Waals surface area (Å²) in [4.78, 5) is 1.04. The molecule has 1 aromatic carbocycles. The summed E-state index contributed by atoms with van der Waals surface area (Å²) in [6.07, 6.45) is -0.0975. The minimum Gasteiger partial charge on any atom is -0.392 e. The predicted octanol–water partition coefficient (Wildman–Crippen LogP) is 3.17. The van der Waals surface area contributed by atoms with Crippen LogP contribution in [0.3, 0.4) is 0 Å². The first-order valence-corrected chi connectivity index (χ1v) is 6.18. The van der Waals surface area contributed by atoms with Crippen LogP contribution in [0.2, 0.25) is 0 Å². The van der Waals surface area contributed by atoms with Gasteiger partial charge in [0.25, 0.3) is 0 Å². The third-order valence-electron chi connectivity index (χ3n) is 2.50. The van der Waals surface area contributed by atoms with Crippen LogP contribution in [0.25, 0.3) is 0 Å². The van der Waals surface area contributed by atoms with Crippen LogP contribution >= 0.6 is 11.3 Å². The molecule has 0 aliphatic carbocycles. The molecular formula is C13H12F2OS. The maximum absolute atomic E-state index is 13.4. The van der Waals surface area contributed by atoms with E-state index in [1.807, 2.05) is 17.5 Å². The fourth-order valence-corrected chi connectivity index (χ4v) is 2.47. The summed E-state index contributed by atoms with van der Waals surface area (Å²) >= 11 is 1.54. The molecule has 2 rings (SSSR count). The van der Waals surface area contributed by atoms with Crippen LogP contribution in [0.1, 0.15) is 10.4 Å². The van der Waals surface area contributed by atoms with E-state index < -0.39 is 17.7 Å². The van der Waals surface area contributed by atoms with E-state index in [1.54, 1.807) is 11.3 Å². The van der Waals surface area contributed by atoms with Gasteiger partial charge in [0.1, 0.15) is 0 Å². The molecule has 1 nitrogen and oxygen atoms in total. The van der Waals surface area contributed by atoms with Gasteiger partial charge in [-0.15, -0.1) is 11.3 Å². The van der Waals surface area contributed by atoms with Crippen LogP contribution in [0.5, 0.6) is 0 Å². The van der Waals surface area contributed by atoms with Gasteiger partial charge in [0.05, 0.1) is 6.10 Å². The van der Waals surface area contributed by atoms with Gasteiger partial charge in [0.2, 0.25) is 0 Å². The number of aliphatic hydroxyl groups is 1. The Hall–Kier alpha value is -1.26. The van der Waals surface area contributed by atoms with E-state index in [4.69, 9.17) is 0 Å². The van der Waals surface area contributed by atoms with E-state index in [-0.39, 0.29) is 12.0 Å². The van der Waals surface area contributed by atoms with Crippen LogP contribution in [-0.2, 0) is 12.8 Å². The molecule has 0 radical (unpaired) electrons. The Balaban J connectivity index is 2.03. The lowest BCUT2D eigenvalue weighted by Crippen LogP contribution is -2.14. The first kappa shape index (κ1) is 12.2. The topological polar surface area (TPSA) is 20.2 Å². The zero-order chi connectivity index (χ0) is 12.3. The zero-order valence-corrected chi connectivity index (χ0v) is 9.88. The van der Waals surface area contributed by atoms with E-state index in [0.717, 1.165) is 10.9 Å². The Morgan fingerprint density at radius 1 is 1.12 bits per heavy atom. The Bertz CT molecular complexity index is 482. The molecule has 1 atom stereocenters. The van der Waals surface area contributed by atoms with Crippen molar-refractivity contribution in [1.82, 2.24) is 0 Å². The molecule has 1 N–H and O–H groups in total. The maximum atomic E-state index is 13.4. The lowest BCUT2D eigenvalue weighted by Gasteiger charge is -2.10. The number of thiophene rings is 1. The molecule has 0 aliphatic heterocycles. The molecule has 0 bridgehead atoms. The van der Waals surface area contributed by atoms with Crippen LogP contribution in [-0.4, -0.2) is 11.2 Å². The van der Waals surface area contributed by atoms with Crippen molar-refractivity contribution < 1.29 is 13.9 Å². The summed E-state index contributed by atoms with van der Waals surface area (Å²) in [6.45, 7) is 0. The van der Waals surface area contributed by atoms with Crippen LogP contribution in [0.15, 0.2) is 35.7 Å². The second-order valence-corrected chi connectivity index (χ2v) is 4.89. The summed E-state index contributed by atoms with van der Waals surface area (Å²) in [5, 5.41) is 11.7. The fraction of sp³-hybridized carbons (Fsp3) is 0.231. The molecule has 0 spiro atoms. The Kier molecular flexibility index (Phi) is 3.86. The number of benzene rings is 1. The van der Waals surface area contributed by atoms with Gasteiger partial charge in [-0.3, -0.25) is 0 Å². The van der Waals surface area contributed by atoms with E-state index in [2.05, 4.69) is 0 Å². The van der Waals surface area contributed by atoms with Gasteiger partial charge in [0.15, 0.2) is 11.6 Å². The number of hydrogen-bond acceptors (Lipinski definition) is 2. The van der Waals surface area contributed by atoms with Crippen LogP contribution in [0, 0.1) is 11.6 Å². The highest BCUT2D eigenvalue weighted by atomic mass is 32.1. The fourth-order valence-electron chi connectivity index (χ4n) is 1.69. The number of aliphatic hydroxyl groups excluding tert-OH is 1. The highest BCUT2D eigenvalue weighted by Gasteiger charge is 2.13. The average molecular weight is 254 g/mol. The van der Waals surface area contributed by atoms with Gasteiger partial charge in [-0.2, -0.15) is 0 Å². The minimum absolute atomic E-state index is 0.126. The molecule has 1 heterocycles. The summed E-state index contributed by atoms with van der Waals surface area (Å²) in [5.41, 5.74) is 0.217. The third kappa shape index (κ3) is 3.11. The standard InChI is InChI=1S/C13H12F2OS/c14-12-5-1-3-9(13(12)15)7-10(16)8-11-4-2-6-17-11/h1-6,10,16H,7-8H2. The second-order valence-electron chi connectivity index (χ2n) is 3.85. The van der Waals surface area contributed by atoms with Crippen molar-refractivity contribution in [2.45, 2.75) is 18.9 Å². The third-order valence-corrected chi connectivity index (χ3v) is 3.40. The van der Waals surface area contributed by atoms with Crippen molar-refractivity contribution in [2.75, 3.05) is 0 Å². The molecule has 90 valence electrons. The molecule has 0 saturated heterocycles. The van der Waals surface area contributed by atoms with Crippen molar-refractivity contribution in [1.29, 1.82) is 0 Å². The van der Waals surface area contributed by atoms with Crippen molar-refractivity contribution >= 4 is 11.3 Å². The first-order chi connectivity index (χ1) is 8.16. The zero-order valence-electron chi connectivity index (χ0n) is 9.07. The summed E-state index contributed by atoms with van der Waals surface area (Å²) in [5.74, 6) is -1.73. The monoisotopic (exact) mass is 254 g/mol. The Labute approximate surface area is 102 Å². The van der Waals surface area contributed by atoms with Crippen molar-refractivity contribution in [3.05, 3.63) is 57.8 Å². The smallest absolute Gasteiger partial charge is 0.162 e. The van der Waals surface area contributed by atoms with Crippen molar-refractivity contribution in [3.8, 4) is 0 Å². The first-order valence-electron chi connectivity index (χ1n) is 5.30. The van der Waals surface area contributed by atoms with E-state index >= 15 is 0 Å². The lowest BCUT2D eigenvalue weighted by molar-refractivity contribution is 0.175. The van der Waals surface area contributed by atoms with Gasteiger partial charge in [-0.1, -0.05) is 18.2 Å². The molecule has 1 unspecified atom stereocenters. The molecule has 0 amide bonds. The van der Waals surface area contributed by atoms with Crippen molar-refractivity contribution in [3.63, 3.8) is 0 Å². The van der Waals surface area contributed by atoms with E-state index in [0.29, 0.717) is 6.42 Å². The molecular weight excluding hydrogens is 242 g/mol. The van der Waals surface area contributed by atoms with Crippen molar-refractivity contribution in [2.24, 2.45) is 0 Å². The molecule has 4 heteroatoms. The summed E-state index contributed by atoms with van der Waals surface area (Å²) in [7, 11) is 0. The Morgan fingerprint density at radius 3 is 2.65 bits per heavy atom. The van der Waals surface area contributed by atoms with Gasteiger partial charge >= 0.3 is 0 Å². The minimum atomic E-state index is -0.870. The molecule has 17 heavy (non-hydrogen) atoms. The number of rotatable bonds is 4. The highest BCUT2D eigenvalue weighted by molar-refractivity contribution is 7.09. The van der Waals surface area contributed by atoms with Crippen LogP contribution in [0.4, 0.5) is 8.78 Å². The lowest BCUT2D eigenvalue weighted by atomic mass is 10.0. The van der Waals surface area contributed by atoms with Crippen LogP contribution < -0.4 is 0 Å².